The largest absolute Gasteiger partial charge is 0.511 e. The van der Waals surface area contributed by atoms with Gasteiger partial charge in [-0.1, -0.05) is 30.3 Å². The van der Waals surface area contributed by atoms with E-state index in [1.807, 2.05) is 48.5 Å². The molecule has 0 N–H and O–H groups in total. The lowest BCUT2D eigenvalue weighted by Crippen LogP contribution is -2.47. The summed E-state index contributed by atoms with van der Waals surface area (Å²) in [6, 6.07) is 14.2. The van der Waals surface area contributed by atoms with Crippen LogP contribution in [0.25, 0.3) is 0 Å². The fraction of sp³-hybridized carbons (Fsp3) is 0.375. The number of alkyl halides is 3. The Bertz CT molecular complexity index is 1260. The zero-order chi connectivity index (χ0) is 25.2. The molecule has 0 unspecified atom stereocenters. The number of nitrogens with zero attached hydrogens (tertiary/aromatic N) is 4. The second-order valence-corrected chi connectivity index (χ2v) is 10.5. The molecule has 188 valence electrons. The van der Waals surface area contributed by atoms with Gasteiger partial charge in [0.1, 0.15) is 5.75 Å². The van der Waals surface area contributed by atoms with Crippen LogP contribution in [0.1, 0.15) is 23.2 Å². The van der Waals surface area contributed by atoms with E-state index in [0.29, 0.717) is 40.7 Å². The number of hydrogen-bond acceptors (Lipinski definition) is 5. The summed E-state index contributed by atoms with van der Waals surface area (Å²) in [7, 11) is -2.26. The zero-order valence-electron chi connectivity index (χ0n) is 19.4. The van der Waals surface area contributed by atoms with Crippen molar-refractivity contribution in [2.45, 2.75) is 37.5 Å². The smallest absolute Gasteiger partial charge is 0.497 e. The molecular weight excluding hydrogens is 481 g/mol. The fourth-order valence-electron chi connectivity index (χ4n) is 4.37. The van der Waals surface area contributed by atoms with E-state index in [4.69, 9.17) is 4.74 Å². The SMILES string of the molecule is COc1ccc2c(c1)CN(S(=O)(=O)C(F)(F)F)C[C@H](CCc1ccccc1)N2Cc1cn(C)cn1. The molecule has 4 rings (SSSR count). The first-order valence-electron chi connectivity index (χ1n) is 11.1. The number of fused-ring (bicyclic) bond motifs is 1. The van der Waals surface area contributed by atoms with Crippen LogP contribution in [-0.2, 0) is 36.6 Å². The van der Waals surface area contributed by atoms with E-state index in [-0.39, 0.29) is 6.54 Å². The Balaban J connectivity index is 1.78. The van der Waals surface area contributed by atoms with Crippen LogP contribution in [0.2, 0.25) is 0 Å². The molecule has 1 atom stereocenters. The molecule has 1 aliphatic rings. The third-order valence-electron chi connectivity index (χ3n) is 6.13. The second-order valence-electron chi connectivity index (χ2n) is 8.57. The van der Waals surface area contributed by atoms with Gasteiger partial charge in [-0.05, 0) is 42.2 Å². The highest BCUT2D eigenvalue weighted by atomic mass is 32.2. The maximum Gasteiger partial charge on any atom is 0.511 e. The standard InChI is InChI=1S/C24H27F3N4O3S/c1-29-14-20(28-17-29)15-31-21(9-8-18-6-4-3-5-7-18)16-30(35(32,33)24(25,26)27)13-19-12-22(34-2)10-11-23(19)31/h3-7,10-12,14,17,21H,8-9,13,15-16H2,1-2H3/t21-/m0/s1. The van der Waals surface area contributed by atoms with Crippen molar-refractivity contribution in [1.82, 2.24) is 13.9 Å². The molecule has 1 aliphatic heterocycles. The molecule has 35 heavy (non-hydrogen) atoms. The first kappa shape index (κ1) is 25.1. The molecule has 0 saturated heterocycles. The van der Waals surface area contributed by atoms with Gasteiger partial charge in [0.2, 0.25) is 0 Å². The number of ether oxygens (including phenoxy) is 1. The summed E-state index contributed by atoms with van der Waals surface area (Å²) in [5, 5.41) is 0. The Morgan fingerprint density at radius 3 is 2.51 bits per heavy atom. The Hall–Kier alpha value is -3.05. The molecule has 2 heterocycles. The van der Waals surface area contributed by atoms with Crippen molar-refractivity contribution in [2.24, 2.45) is 7.05 Å². The number of methoxy groups -OCH3 is 1. The van der Waals surface area contributed by atoms with Gasteiger partial charge in [-0.2, -0.15) is 17.5 Å². The van der Waals surface area contributed by atoms with Crippen molar-refractivity contribution in [3.8, 4) is 5.75 Å². The minimum absolute atomic E-state index is 0.307. The highest BCUT2D eigenvalue weighted by Gasteiger charge is 2.51. The molecule has 0 bridgehead atoms. The third kappa shape index (κ3) is 5.46. The lowest BCUT2D eigenvalue weighted by atomic mass is 10.0. The number of aryl methyl sites for hydroxylation is 2. The zero-order valence-corrected chi connectivity index (χ0v) is 20.3. The van der Waals surface area contributed by atoms with E-state index in [9.17, 15) is 21.6 Å². The van der Waals surface area contributed by atoms with Gasteiger partial charge in [-0.25, -0.2) is 13.4 Å². The Morgan fingerprint density at radius 1 is 1.14 bits per heavy atom. The summed E-state index contributed by atoms with van der Waals surface area (Å²) in [5.74, 6) is 0.439. The lowest BCUT2D eigenvalue weighted by molar-refractivity contribution is -0.0492. The summed E-state index contributed by atoms with van der Waals surface area (Å²) in [4.78, 5) is 6.36. The van der Waals surface area contributed by atoms with Crippen LogP contribution >= 0.6 is 0 Å². The van der Waals surface area contributed by atoms with Crippen molar-refractivity contribution in [3.63, 3.8) is 0 Å². The van der Waals surface area contributed by atoms with Crippen LogP contribution in [0, 0.1) is 0 Å². The maximum atomic E-state index is 13.6. The molecule has 0 fully saturated rings. The average molecular weight is 509 g/mol. The number of aromatic nitrogens is 2. The van der Waals surface area contributed by atoms with E-state index in [2.05, 4.69) is 4.98 Å². The average Bonchev–Trinajstić information content (AvgIpc) is 3.16. The number of anilines is 1. The molecule has 7 nitrogen and oxygen atoms in total. The molecule has 0 saturated carbocycles. The molecule has 2 aromatic carbocycles. The van der Waals surface area contributed by atoms with Gasteiger partial charge in [0, 0.05) is 38.1 Å². The Kier molecular flexibility index (Phi) is 7.09. The fourth-order valence-corrected chi connectivity index (χ4v) is 5.34. The highest BCUT2D eigenvalue weighted by molar-refractivity contribution is 7.89. The molecule has 3 aromatic rings. The minimum atomic E-state index is -5.55. The van der Waals surface area contributed by atoms with Crippen molar-refractivity contribution in [3.05, 3.63) is 77.9 Å². The summed E-state index contributed by atoms with van der Waals surface area (Å²) in [6.07, 6.45) is 4.52. The summed E-state index contributed by atoms with van der Waals surface area (Å²) in [5.41, 5.74) is -2.54. The number of benzene rings is 2. The molecule has 1 aromatic heterocycles. The van der Waals surface area contributed by atoms with Gasteiger partial charge in [0.15, 0.2) is 0 Å². The highest BCUT2D eigenvalue weighted by Crippen LogP contribution is 2.37. The van der Waals surface area contributed by atoms with Crippen LogP contribution in [0.5, 0.6) is 5.75 Å². The van der Waals surface area contributed by atoms with Crippen LogP contribution in [0.15, 0.2) is 61.1 Å². The molecule has 0 amide bonds. The van der Waals surface area contributed by atoms with Gasteiger partial charge in [0.25, 0.3) is 0 Å². The first-order valence-corrected chi connectivity index (χ1v) is 12.5. The van der Waals surface area contributed by atoms with Crippen molar-refractivity contribution in [2.75, 3.05) is 18.6 Å². The molecule has 0 spiro atoms. The normalized spacial score (nSPS) is 17.2. The van der Waals surface area contributed by atoms with Crippen LogP contribution < -0.4 is 9.64 Å². The van der Waals surface area contributed by atoms with Crippen LogP contribution in [-0.4, -0.2) is 47.5 Å². The van der Waals surface area contributed by atoms with Crippen molar-refractivity contribution < 1.29 is 26.3 Å². The van der Waals surface area contributed by atoms with Gasteiger partial charge < -0.3 is 14.2 Å². The second kappa shape index (κ2) is 9.90. The molecule has 0 aliphatic carbocycles. The predicted molar refractivity (Wildman–Crippen MR) is 126 cm³/mol. The van der Waals surface area contributed by atoms with Gasteiger partial charge in [-0.3, -0.25) is 0 Å². The van der Waals surface area contributed by atoms with Crippen LogP contribution in [0.3, 0.4) is 0 Å². The Labute approximate surface area is 202 Å². The number of sulfonamides is 1. The monoisotopic (exact) mass is 508 g/mol. The van der Waals surface area contributed by atoms with Gasteiger partial charge >= 0.3 is 15.5 Å². The van der Waals surface area contributed by atoms with Crippen molar-refractivity contribution in [1.29, 1.82) is 0 Å². The van der Waals surface area contributed by atoms with E-state index in [1.165, 1.54) is 7.11 Å². The van der Waals surface area contributed by atoms with Gasteiger partial charge in [0.05, 0.1) is 25.7 Å². The number of rotatable bonds is 7. The number of hydrogen-bond donors (Lipinski definition) is 0. The quantitative estimate of drug-likeness (QED) is 0.481. The van der Waals surface area contributed by atoms with E-state index < -0.39 is 28.1 Å². The summed E-state index contributed by atoms with van der Waals surface area (Å²) < 4.78 is 73.6. The first-order chi connectivity index (χ1) is 16.6. The van der Waals surface area contributed by atoms with Crippen LogP contribution in [0.4, 0.5) is 18.9 Å². The minimum Gasteiger partial charge on any atom is -0.497 e. The Morgan fingerprint density at radius 2 is 1.89 bits per heavy atom. The summed E-state index contributed by atoms with van der Waals surface area (Å²) in [6.45, 7) is -0.396. The maximum absolute atomic E-state index is 13.6. The number of halogens is 3. The third-order valence-corrected chi connectivity index (χ3v) is 7.67. The van der Waals surface area contributed by atoms with E-state index in [1.54, 1.807) is 29.1 Å². The number of imidazole rings is 1. The topological polar surface area (TPSA) is 67.7 Å². The van der Waals surface area contributed by atoms with E-state index in [0.717, 1.165) is 11.3 Å². The lowest BCUT2D eigenvalue weighted by Gasteiger charge is -2.34. The van der Waals surface area contributed by atoms with Gasteiger partial charge in [-0.15, -0.1) is 0 Å². The van der Waals surface area contributed by atoms with Crippen molar-refractivity contribution >= 4 is 15.7 Å². The molecule has 11 heteroatoms. The van der Waals surface area contributed by atoms with E-state index >= 15 is 0 Å². The molecular formula is C24H27F3N4O3S. The molecule has 0 radical (unpaired) electrons. The predicted octanol–water partition coefficient (Wildman–Crippen LogP) is 4.10. The summed E-state index contributed by atoms with van der Waals surface area (Å²) >= 11 is 0.